The van der Waals surface area contributed by atoms with Crippen LogP contribution in [0.4, 0.5) is 4.39 Å². The molecule has 1 aromatic carbocycles. The molecule has 4 heteroatoms. The normalized spacial score (nSPS) is 15.6. The van der Waals surface area contributed by atoms with Gasteiger partial charge in [-0.05, 0) is 18.7 Å². The molecule has 2 heterocycles. The Hall–Kier alpha value is -1.68. The summed E-state index contributed by atoms with van der Waals surface area (Å²) < 4.78 is 13.6. The molecule has 16 heavy (non-hydrogen) atoms. The molecule has 3 nitrogen and oxygen atoms in total. The van der Waals surface area contributed by atoms with Crippen LogP contribution < -0.4 is 0 Å². The van der Waals surface area contributed by atoms with Gasteiger partial charge in [-0.25, -0.2) is 4.39 Å². The number of aldehydes is 1. The molecule has 2 aromatic rings. The Labute approximate surface area is 91.9 Å². The minimum atomic E-state index is -0.294. The topological polar surface area (TPSA) is 36.1 Å². The smallest absolute Gasteiger partial charge is 0.166 e. The van der Waals surface area contributed by atoms with E-state index in [9.17, 15) is 9.18 Å². The number of carbonyl (C=O) groups is 1. The van der Waals surface area contributed by atoms with E-state index in [2.05, 4.69) is 9.88 Å². The van der Waals surface area contributed by atoms with E-state index in [1.165, 1.54) is 6.07 Å². The van der Waals surface area contributed by atoms with Crippen LogP contribution in [0.1, 0.15) is 21.6 Å². The van der Waals surface area contributed by atoms with Crippen LogP contribution in [0, 0.1) is 5.82 Å². The number of H-pyrrole nitrogens is 1. The number of nitrogens with zero attached hydrogens (tertiary/aromatic N) is 1. The summed E-state index contributed by atoms with van der Waals surface area (Å²) >= 11 is 0. The Morgan fingerprint density at radius 1 is 1.44 bits per heavy atom. The van der Waals surface area contributed by atoms with Gasteiger partial charge in [0.05, 0.1) is 11.2 Å². The molecular weight excluding hydrogens is 207 g/mol. The average molecular weight is 218 g/mol. The van der Waals surface area contributed by atoms with E-state index < -0.39 is 0 Å². The van der Waals surface area contributed by atoms with Gasteiger partial charge < -0.3 is 4.98 Å². The van der Waals surface area contributed by atoms with Gasteiger partial charge in [0, 0.05) is 24.0 Å². The molecule has 3 rings (SSSR count). The minimum Gasteiger partial charge on any atom is -0.350 e. The van der Waals surface area contributed by atoms with Crippen molar-refractivity contribution in [2.24, 2.45) is 0 Å². The summed E-state index contributed by atoms with van der Waals surface area (Å²) in [5, 5.41) is 0.889. The molecule has 0 unspecified atom stereocenters. The van der Waals surface area contributed by atoms with Crippen molar-refractivity contribution in [3.8, 4) is 0 Å². The van der Waals surface area contributed by atoms with E-state index in [1.54, 1.807) is 6.07 Å². The van der Waals surface area contributed by atoms with Crippen molar-refractivity contribution in [2.45, 2.75) is 13.1 Å². The van der Waals surface area contributed by atoms with Gasteiger partial charge in [-0.3, -0.25) is 9.69 Å². The van der Waals surface area contributed by atoms with Gasteiger partial charge in [-0.1, -0.05) is 6.07 Å². The number of hydrogen-bond acceptors (Lipinski definition) is 2. The predicted molar refractivity (Wildman–Crippen MR) is 58.8 cm³/mol. The number of aromatic nitrogens is 1. The number of carbonyl (C=O) groups excluding carboxylic acids is 1. The average Bonchev–Trinajstić information content (AvgIpc) is 2.63. The van der Waals surface area contributed by atoms with Gasteiger partial charge in [0.25, 0.3) is 0 Å². The molecule has 0 aliphatic carbocycles. The van der Waals surface area contributed by atoms with Crippen LogP contribution >= 0.6 is 0 Å². The summed E-state index contributed by atoms with van der Waals surface area (Å²) in [6.45, 7) is 1.48. The third kappa shape index (κ3) is 1.13. The van der Waals surface area contributed by atoms with Crippen molar-refractivity contribution in [3.63, 3.8) is 0 Å². The third-order valence-corrected chi connectivity index (χ3v) is 3.11. The lowest BCUT2D eigenvalue weighted by Crippen LogP contribution is -2.21. The van der Waals surface area contributed by atoms with Crippen LogP contribution in [0.5, 0.6) is 0 Å². The third-order valence-electron chi connectivity index (χ3n) is 3.11. The molecule has 82 valence electrons. The Kier molecular flexibility index (Phi) is 1.88. The van der Waals surface area contributed by atoms with Gasteiger partial charge in [0.2, 0.25) is 0 Å². The first kappa shape index (κ1) is 9.54. The highest BCUT2D eigenvalue weighted by Crippen LogP contribution is 2.32. The van der Waals surface area contributed by atoms with Crippen molar-refractivity contribution in [1.29, 1.82) is 0 Å². The van der Waals surface area contributed by atoms with Crippen molar-refractivity contribution in [3.05, 3.63) is 34.8 Å². The fourth-order valence-electron chi connectivity index (χ4n) is 2.45. The lowest BCUT2D eigenvalue weighted by atomic mass is 10.00. The summed E-state index contributed by atoms with van der Waals surface area (Å²) in [7, 11) is 1.99. The second-order valence-electron chi connectivity index (χ2n) is 4.26. The standard InChI is InChI=1S/C12H11FN2O/c1-15-4-7-2-3-9(13)12-11(7)8(5-15)10(6-16)14-12/h2-3,6,14H,4-5H2,1H3. The fraction of sp³-hybridized carbons (Fsp3) is 0.250. The first-order valence-corrected chi connectivity index (χ1v) is 5.16. The van der Waals surface area contributed by atoms with E-state index in [0.717, 1.165) is 29.3 Å². The van der Waals surface area contributed by atoms with Crippen LogP contribution in [0.3, 0.4) is 0 Å². The van der Waals surface area contributed by atoms with Crippen LogP contribution in [0.2, 0.25) is 0 Å². The highest BCUT2D eigenvalue weighted by Gasteiger charge is 2.22. The summed E-state index contributed by atoms with van der Waals surface area (Å²) in [4.78, 5) is 15.9. The van der Waals surface area contributed by atoms with Crippen molar-refractivity contribution >= 4 is 17.2 Å². The molecule has 1 aliphatic heterocycles. The zero-order chi connectivity index (χ0) is 11.3. The molecule has 0 saturated heterocycles. The molecule has 0 amide bonds. The Bertz CT molecular complexity index is 588. The van der Waals surface area contributed by atoms with E-state index in [-0.39, 0.29) is 5.82 Å². The molecule has 0 atom stereocenters. The lowest BCUT2D eigenvalue weighted by molar-refractivity contribution is 0.111. The number of rotatable bonds is 1. The van der Waals surface area contributed by atoms with Gasteiger partial charge in [-0.2, -0.15) is 0 Å². The lowest BCUT2D eigenvalue weighted by Gasteiger charge is -2.23. The number of aromatic amines is 1. The monoisotopic (exact) mass is 218 g/mol. The van der Waals surface area contributed by atoms with Gasteiger partial charge in [0.15, 0.2) is 6.29 Å². The number of halogens is 1. The fourth-order valence-corrected chi connectivity index (χ4v) is 2.45. The van der Waals surface area contributed by atoms with Gasteiger partial charge >= 0.3 is 0 Å². The molecule has 1 aromatic heterocycles. The highest BCUT2D eigenvalue weighted by atomic mass is 19.1. The first-order chi connectivity index (χ1) is 7.70. The zero-order valence-electron chi connectivity index (χ0n) is 8.88. The van der Waals surface area contributed by atoms with E-state index in [4.69, 9.17) is 0 Å². The van der Waals surface area contributed by atoms with Crippen molar-refractivity contribution in [1.82, 2.24) is 9.88 Å². The Morgan fingerprint density at radius 3 is 3.00 bits per heavy atom. The molecule has 0 spiro atoms. The molecule has 0 fully saturated rings. The molecular formula is C12H11FN2O. The van der Waals surface area contributed by atoms with E-state index in [0.29, 0.717) is 17.8 Å². The second-order valence-corrected chi connectivity index (χ2v) is 4.26. The summed E-state index contributed by atoms with van der Waals surface area (Å²) in [6, 6.07) is 3.24. The van der Waals surface area contributed by atoms with Crippen molar-refractivity contribution < 1.29 is 9.18 Å². The number of nitrogens with one attached hydrogen (secondary N) is 1. The summed E-state index contributed by atoms with van der Waals surface area (Å²) in [5.41, 5.74) is 2.94. The Morgan fingerprint density at radius 2 is 2.25 bits per heavy atom. The summed E-state index contributed by atoms with van der Waals surface area (Å²) in [5.74, 6) is -0.294. The van der Waals surface area contributed by atoms with E-state index in [1.807, 2.05) is 7.05 Å². The largest absolute Gasteiger partial charge is 0.350 e. The van der Waals surface area contributed by atoms with Crippen LogP contribution in [0.15, 0.2) is 12.1 Å². The molecule has 1 N–H and O–H groups in total. The number of benzene rings is 1. The highest BCUT2D eigenvalue weighted by molar-refractivity contribution is 5.95. The molecule has 0 saturated carbocycles. The summed E-state index contributed by atoms with van der Waals surface area (Å²) in [6.07, 6.45) is 0.762. The molecule has 1 aliphatic rings. The van der Waals surface area contributed by atoms with E-state index >= 15 is 0 Å². The molecule has 0 bridgehead atoms. The SMILES string of the molecule is CN1Cc2ccc(F)c3[nH]c(C=O)c(c23)C1. The van der Waals surface area contributed by atoms with Crippen molar-refractivity contribution in [2.75, 3.05) is 7.05 Å². The maximum Gasteiger partial charge on any atom is 0.166 e. The van der Waals surface area contributed by atoms with Gasteiger partial charge in [0.1, 0.15) is 5.82 Å². The maximum atomic E-state index is 13.6. The number of hydrogen-bond donors (Lipinski definition) is 1. The maximum absolute atomic E-state index is 13.6. The van der Waals surface area contributed by atoms with Gasteiger partial charge in [-0.15, -0.1) is 0 Å². The molecule has 0 radical (unpaired) electrons. The zero-order valence-corrected chi connectivity index (χ0v) is 8.88. The van der Waals surface area contributed by atoms with Crippen LogP contribution in [-0.2, 0) is 13.1 Å². The first-order valence-electron chi connectivity index (χ1n) is 5.16. The second kappa shape index (κ2) is 3.15. The van der Waals surface area contributed by atoms with Crippen LogP contribution in [0.25, 0.3) is 10.9 Å². The minimum absolute atomic E-state index is 0.294. The predicted octanol–water partition coefficient (Wildman–Crippen LogP) is 2.06. The Balaban J connectivity index is 2.43. The van der Waals surface area contributed by atoms with Crippen LogP contribution in [-0.4, -0.2) is 23.2 Å². The quantitative estimate of drug-likeness (QED) is 0.744.